The Labute approximate surface area is 132 Å². The third-order valence-corrected chi connectivity index (χ3v) is 3.20. The molecule has 9 heteroatoms. The summed E-state index contributed by atoms with van der Waals surface area (Å²) in [6.07, 6.45) is -4.47. The predicted octanol–water partition coefficient (Wildman–Crippen LogP) is 4.33. The fourth-order valence-electron chi connectivity index (χ4n) is 2.02. The maximum absolute atomic E-state index is 12.7. The monoisotopic (exact) mass is 335 g/mol. The van der Waals surface area contributed by atoms with Crippen molar-refractivity contribution in [2.24, 2.45) is 0 Å². The van der Waals surface area contributed by atoms with Crippen molar-refractivity contribution in [3.05, 3.63) is 64.2 Å². The lowest BCUT2D eigenvalue weighted by Crippen LogP contribution is -2.04. The van der Waals surface area contributed by atoms with Gasteiger partial charge in [-0.2, -0.15) is 18.2 Å². The van der Waals surface area contributed by atoms with Crippen molar-refractivity contribution in [2.75, 3.05) is 0 Å². The van der Waals surface area contributed by atoms with Gasteiger partial charge in [0.15, 0.2) is 0 Å². The van der Waals surface area contributed by atoms with E-state index in [0.29, 0.717) is 5.56 Å². The number of benzene rings is 2. The van der Waals surface area contributed by atoms with E-state index >= 15 is 0 Å². The lowest BCUT2D eigenvalue weighted by atomic mass is 10.1. The summed E-state index contributed by atoms with van der Waals surface area (Å²) in [4.78, 5) is 14.1. The number of nitro groups is 1. The Kier molecular flexibility index (Phi) is 3.76. The lowest BCUT2D eigenvalue weighted by Gasteiger charge is -2.06. The van der Waals surface area contributed by atoms with Gasteiger partial charge in [-0.25, -0.2) is 0 Å². The van der Waals surface area contributed by atoms with Crippen molar-refractivity contribution >= 4 is 5.69 Å². The molecular weight excluding hydrogens is 327 g/mol. The van der Waals surface area contributed by atoms with Gasteiger partial charge in [0, 0.05) is 23.3 Å². The molecule has 0 unspecified atom stereocenters. The van der Waals surface area contributed by atoms with E-state index in [-0.39, 0.29) is 23.0 Å². The molecule has 0 saturated heterocycles. The first-order chi connectivity index (χ1) is 11.3. The van der Waals surface area contributed by atoms with Crippen molar-refractivity contribution in [3.63, 3.8) is 0 Å². The molecule has 0 aliphatic carbocycles. The van der Waals surface area contributed by atoms with Crippen molar-refractivity contribution in [2.45, 2.75) is 6.18 Å². The summed E-state index contributed by atoms with van der Waals surface area (Å²) in [5.41, 5.74) is -0.342. The largest absolute Gasteiger partial charge is 0.416 e. The van der Waals surface area contributed by atoms with Crippen LogP contribution in [-0.2, 0) is 6.18 Å². The van der Waals surface area contributed by atoms with Gasteiger partial charge in [0.1, 0.15) is 0 Å². The zero-order valence-corrected chi connectivity index (χ0v) is 11.8. The fraction of sp³-hybridized carbons (Fsp3) is 0.0667. The number of alkyl halides is 3. The van der Waals surface area contributed by atoms with Crippen molar-refractivity contribution in [1.29, 1.82) is 0 Å². The highest BCUT2D eigenvalue weighted by Crippen LogP contribution is 2.32. The van der Waals surface area contributed by atoms with Gasteiger partial charge in [0.2, 0.25) is 5.82 Å². The Bertz CT molecular complexity index is 889. The van der Waals surface area contributed by atoms with Crippen LogP contribution in [0.5, 0.6) is 0 Å². The molecule has 0 bridgehead atoms. The Morgan fingerprint density at radius 2 is 1.75 bits per heavy atom. The number of hydrogen-bond acceptors (Lipinski definition) is 5. The molecule has 2 aromatic carbocycles. The molecule has 0 amide bonds. The van der Waals surface area contributed by atoms with Crippen LogP contribution in [0.25, 0.3) is 22.8 Å². The normalized spacial score (nSPS) is 11.5. The van der Waals surface area contributed by atoms with Crippen LogP contribution in [0.4, 0.5) is 18.9 Å². The van der Waals surface area contributed by atoms with Crippen molar-refractivity contribution in [3.8, 4) is 22.8 Å². The molecule has 0 spiro atoms. The number of aromatic nitrogens is 2. The van der Waals surface area contributed by atoms with E-state index in [1.807, 2.05) is 0 Å². The summed E-state index contributed by atoms with van der Waals surface area (Å²) in [6.45, 7) is 0. The maximum Gasteiger partial charge on any atom is 0.416 e. The van der Waals surface area contributed by atoms with Crippen molar-refractivity contribution < 1.29 is 22.6 Å². The lowest BCUT2D eigenvalue weighted by molar-refractivity contribution is -0.384. The first-order valence-electron chi connectivity index (χ1n) is 6.61. The molecule has 3 rings (SSSR count). The van der Waals surface area contributed by atoms with E-state index < -0.39 is 16.7 Å². The van der Waals surface area contributed by atoms with Gasteiger partial charge in [-0.3, -0.25) is 10.1 Å². The standard InChI is InChI=1S/C15H8F3N3O3/c16-15(17,18)11-3-1-2-10(8-11)13-19-14(24-20-13)9-4-6-12(7-5-9)21(22)23/h1-8H. The quantitative estimate of drug-likeness (QED) is 0.525. The third-order valence-electron chi connectivity index (χ3n) is 3.20. The van der Waals surface area contributed by atoms with E-state index in [1.54, 1.807) is 0 Å². The first kappa shape index (κ1) is 15.7. The van der Waals surface area contributed by atoms with E-state index in [2.05, 4.69) is 10.1 Å². The van der Waals surface area contributed by atoms with Gasteiger partial charge in [0.25, 0.3) is 11.6 Å². The van der Waals surface area contributed by atoms with Crippen LogP contribution in [0, 0.1) is 10.1 Å². The maximum atomic E-state index is 12.7. The molecule has 3 aromatic rings. The Morgan fingerprint density at radius 3 is 2.38 bits per heavy atom. The van der Waals surface area contributed by atoms with Crippen LogP contribution >= 0.6 is 0 Å². The van der Waals surface area contributed by atoms with E-state index in [9.17, 15) is 23.3 Å². The highest BCUT2D eigenvalue weighted by Gasteiger charge is 2.30. The molecule has 0 aliphatic heterocycles. The average Bonchev–Trinajstić information content (AvgIpc) is 3.04. The first-order valence-corrected chi connectivity index (χ1v) is 6.61. The second kappa shape index (κ2) is 5.76. The number of non-ortho nitro benzene ring substituents is 1. The van der Waals surface area contributed by atoms with Crippen LogP contribution in [-0.4, -0.2) is 15.1 Å². The molecule has 0 radical (unpaired) electrons. The molecule has 0 saturated carbocycles. The van der Waals surface area contributed by atoms with E-state index in [0.717, 1.165) is 12.1 Å². The minimum atomic E-state index is -4.47. The Balaban J connectivity index is 1.92. The summed E-state index contributed by atoms with van der Waals surface area (Å²) in [5.74, 6) is 0.0479. The van der Waals surface area contributed by atoms with Gasteiger partial charge in [-0.15, -0.1) is 0 Å². The third kappa shape index (κ3) is 3.09. The molecule has 1 aromatic heterocycles. The van der Waals surface area contributed by atoms with Gasteiger partial charge in [-0.1, -0.05) is 17.3 Å². The number of halogens is 3. The highest BCUT2D eigenvalue weighted by molar-refractivity contribution is 5.61. The van der Waals surface area contributed by atoms with Gasteiger partial charge < -0.3 is 4.52 Å². The fourth-order valence-corrected chi connectivity index (χ4v) is 2.02. The van der Waals surface area contributed by atoms with Crippen LogP contribution in [0.3, 0.4) is 0 Å². The van der Waals surface area contributed by atoms with Crippen LogP contribution in [0.15, 0.2) is 53.1 Å². The summed E-state index contributed by atoms with van der Waals surface area (Å²) in [7, 11) is 0. The molecule has 0 N–H and O–H groups in total. The number of nitrogens with zero attached hydrogens (tertiary/aromatic N) is 3. The second-order valence-corrected chi connectivity index (χ2v) is 4.81. The number of rotatable bonds is 3. The summed E-state index contributed by atoms with van der Waals surface area (Å²) in [5, 5.41) is 14.3. The smallest absolute Gasteiger partial charge is 0.334 e. The summed E-state index contributed by atoms with van der Waals surface area (Å²) >= 11 is 0. The summed E-state index contributed by atoms with van der Waals surface area (Å²) < 4.78 is 43.2. The van der Waals surface area contributed by atoms with Gasteiger partial charge in [-0.05, 0) is 24.3 Å². The van der Waals surface area contributed by atoms with E-state index in [1.165, 1.54) is 36.4 Å². The summed E-state index contributed by atoms with van der Waals surface area (Å²) in [6, 6.07) is 9.92. The van der Waals surface area contributed by atoms with Crippen LogP contribution < -0.4 is 0 Å². The molecule has 0 atom stereocenters. The second-order valence-electron chi connectivity index (χ2n) is 4.81. The average molecular weight is 335 g/mol. The van der Waals surface area contributed by atoms with Crippen LogP contribution in [0.1, 0.15) is 5.56 Å². The van der Waals surface area contributed by atoms with Gasteiger partial charge in [0.05, 0.1) is 10.5 Å². The molecule has 1 heterocycles. The molecule has 24 heavy (non-hydrogen) atoms. The van der Waals surface area contributed by atoms with Gasteiger partial charge >= 0.3 is 6.18 Å². The molecular formula is C15H8F3N3O3. The molecule has 6 nitrogen and oxygen atoms in total. The van der Waals surface area contributed by atoms with Crippen molar-refractivity contribution in [1.82, 2.24) is 10.1 Å². The zero-order valence-electron chi connectivity index (χ0n) is 11.8. The molecule has 122 valence electrons. The predicted molar refractivity (Wildman–Crippen MR) is 76.8 cm³/mol. The van der Waals surface area contributed by atoms with Crippen LogP contribution in [0.2, 0.25) is 0 Å². The molecule has 0 fully saturated rings. The highest BCUT2D eigenvalue weighted by atomic mass is 19.4. The topological polar surface area (TPSA) is 82.1 Å². The Morgan fingerprint density at radius 1 is 1.04 bits per heavy atom. The number of nitro benzene ring substituents is 1. The number of hydrogen-bond donors (Lipinski definition) is 0. The minimum Gasteiger partial charge on any atom is -0.334 e. The van der Waals surface area contributed by atoms with E-state index in [4.69, 9.17) is 4.52 Å². The SMILES string of the molecule is O=[N+]([O-])c1ccc(-c2nc(-c3cccc(C(F)(F)F)c3)no2)cc1. The molecule has 0 aliphatic rings. The minimum absolute atomic E-state index is 0.00514. The Hall–Kier alpha value is -3.23. The zero-order chi connectivity index (χ0) is 17.3.